The van der Waals surface area contributed by atoms with Crippen molar-refractivity contribution in [1.29, 1.82) is 0 Å². The van der Waals surface area contributed by atoms with Gasteiger partial charge in [-0.3, -0.25) is 4.79 Å². The topological polar surface area (TPSA) is 96.9 Å². The molecule has 2 amide bonds. The Morgan fingerprint density at radius 3 is 2.09 bits per heavy atom. The average Bonchev–Trinajstić information content (AvgIpc) is 3.07. The van der Waals surface area contributed by atoms with Gasteiger partial charge in [0, 0.05) is 79.7 Å². The molecule has 6 rings (SSSR count). The zero-order valence-corrected chi connectivity index (χ0v) is 26.0. The van der Waals surface area contributed by atoms with E-state index in [0.29, 0.717) is 43.4 Å². The van der Waals surface area contributed by atoms with Gasteiger partial charge in [-0.2, -0.15) is 4.98 Å². The number of urea groups is 1. The van der Waals surface area contributed by atoms with Crippen molar-refractivity contribution < 1.29 is 9.59 Å². The van der Waals surface area contributed by atoms with Crippen LogP contribution in [0, 0.1) is 6.92 Å². The zero-order valence-electron chi connectivity index (χ0n) is 26.0. The van der Waals surface area contributed by atoms with E-state index >= 15 is 0 Å². The summed E-state index contributed by atoms with van der Waals surface area (Å²) in [5, 5.41) is 6.32. The monoisotopic (exact) mass is 596 g/mol. The Labute approximate surface area is 260 Å². The van der Waals surface area contributed by atoms with E-state index in [9.17, 15) is 9.59 Å². The van der Waals surface area contributed by atoms with Gasteiger partial charge in [-0.25, -0.2) is 9.78 Å². The Hall–Kier alpha value is -4.18. The highest BCUT2D eigenvalue weighted by atomic mass is 16.2. The van der Waals surface area contributed by atoms with Crippen LogP contribution in [0.3, 0.4) is 0 Å². The summed E-state index contributed by atoms with van der Waals surface area (Å²) in [5.74, 6) is 1.45. The number of hydrogen-bond acceptors (Lipinski definition) is 8. The Morgan fingerprint density at radius 2 is 1.43 bits per heavy atom. The highest BCUT2D eigenvalue weighted by Crippen LogP contribution is 2.27. The first-order chi connectivity index (χ1) is 21.4. The molecule has 3 aliphatic heterocycles. The first-order valence-corrected chi connectivity index (χ1v) is 16.0. The normalized spacial score (nSPS) is 18.3. The molecule has 0 atom stereocenters. The van der Waals surface area contributed by atoms with Crippen molar-refractivity contribution in [3.63, 3.8) is 0 Å². The van der Waals surface area contributed by atoms with Crippen molar-refractivity contribution in [3.8, 4) is 0 Å². The van der Waals surface area contributed by atoms with Gasteiger partial charge in [0.1, 0.15) is 5.82 Å². The van der Waals surface area contributed by atoms with Crippen LogP contribution in [0.15, 0.2) is 54.7 Å². The smallest absolute Gasteiger partial charge is 0.321 e. The summed E-state index contributed by atoms with van der Waals surface area (Å²) < 4.78 is 0. The second-order valence-corrected chi connectivity index (χ2v) is 12.2. The molecule has 0 radical (unpaired) electrons. The number of nitrogens with zero attached hydrogens (tertiary/aromatic N) is 6. The molecule has 2 N–H and O–H groups in total. The summed E-state index contributed by atoms with van der Waals surface area (Å²) >= 11 is 0. The molecule has 0 unspecified atom stereocenters. The number of ketones is 1. The molecule has 2 aromatic carbocycles. The molecular formula is C34H44N8O2. The van der Waals surface area contributed by atoms with E-state index in [-0.39, 0.29) is 11.8 Å². The standard InChI is InChI=1S/C34H44N8O2/c1-25-24-35-33(36-28-10-12-30(13-11-28)40-18-14-31(15-19-40)39-16-4-3-5-17-39)38-32(25)41-20-22-42(23-21-41)34(44)37-29-8-6-27(7-9-29)26(2)43/h6-13,24,31H,3-5,14-23H2,1-2H3,(H,37,44)(H,35,36,38). The molecular weight excluding hydrogens is 552 g/mol. The molecule has 10 heteroatoms. The van der Waals surface area contributed by atoms with Crippen molar-refractivity contribution in [1.82, 2.24) is 19.8 Å². The molecule has 3 aromatic rings. The molecule has 3 fully saturated rings. The minimum atomic E-state index is -0.142. The molecule has 4 heterocycles. The number of Topliss-reactive ketones (excluding diaryl/α,β-unsaturated/α-hetero) is 1. The lowest BCUT2D eigenvalue weighted by Crippen LogP contribution is -2.50. The molecule has 0 bridgehead atoms. The molecule has 10 nitrogen and oxygen atoms in total. The highest BCUT2D eigenvalue weighted by molar-refractivity contribution is 5.95. The van der Waals surface area contributed by atoms with Gasteiger partial charge in [-0.1, -0.05) is 6.42 Å². The fourth-order valence-corrected chi connectivity index (χ4v) is 6.58. The average molecular weight is 597 g/mol. The quantitative estimate of drug-likeness (QED) is 0.343. The number of rotatable bonds is 7. The molecule has 3 aliphatic rings. The fraction of sp³-hybridized carbons (Fsp3) is 0.471. The van der Waals surface area contributed by atoms with Crippen LogP contribution in [0.4, 0.5) is 33.6 Å². The molecule has 44 heavy (non-hydrogen) atoms. The lowest BCUT2D eigenvalue weighted by Gasteiger charge is -2.41. The van der Waals surface area contributed by atoms with Gasteiger partial charge in [0.2, 0.25) is 5.95 Å². The SMILES string of the molecule is CC(=O)c1ccc(NC(=O)N2CCN(c3nc(Nc4ccc(N5CCC(N6CCCCC6)CC5)cc4)ncc3C)CC2)cc1. The van der Waals surface area contributed by atoms with E-state index in [4.69, 9.17) is 4.98 Å². The van der Waals surface area contributed by atoms with Gasteiger partial charge in [-0.15, -0.1) is 0 Å². The third kappa shape index (κ3) is 7.13. The van der Waals surface area contributed by atoms with E-state index in [0.717, 1.165) is 36.2 Å². The molecule has 0 saturated carbocycles. The summed E-state index contributed by atoms with van der Waals surface area (Å²) in [5.41, 5.74) is 4.54. The van der Waals surface area contributed by atoms with Gasteiger partial charge in [0.25, 0.3) is 0 Å². The van der Waals surface area contributed by atoms with E-state index in [1.165, 1.54) is 57.8 Å². The van der Waals surface area contributed by atoms with Crippen LogP contribution in [-0.2, 0) is 0 Å². The van der Waals surface area contributed by atoms with Crippen molar-refractivity contribution in [2.24, 2.45) is 0 Å². The largest absolute Gasteiger partial charge is 0.371 e. The minimum Gasteiger partial charge on any atom is -0.371 e. The van der Waals surface area contributed by atoms with Crippen LogP contribution >= 0.6 is 0 Å². The molecule has 3 saturated heterocycles. The second-order valence-electron chi connectivity index (χ2n) is 12.2. The fourth-order valence-electron chi connectivity index (χ4n) is 6.58. The van der Waals surface area contributed by atoms with E-state index < -0.39 is 0 Å². The molecule has 1 aromatic heterocycles. The lowest BCUT2D eigenvalue weighted by molar-refractivity contribution is 0.101. The van der Waals surface area contributed by atoms with Crippen LogP contribution in [0.5, 0.6) is 0 Å². The molecule has 0 spiro atoms. The zero-order chi connectivity index (χ0) is 30.5. The summed E-state index contributed by atoms with van der Waals surface area (Å²) in [6, 6.07) is 16.2. The maximum atomic E-state index is 12.8. The van der Waals surface area contributed by atoms with Crippen LogP contribution < -0.4 is 20.4 Å². The van der Waals surface area contributed by atoms with Crippen molar-refractivity contribution >= 4 is 40.6 Å². The number of carbonyl (C=O) groups is 2. The maximum Gasteiger partial charge on any atom is 0.321 e. The summed E-state index contributed by atoms with van der Waals surface area (Å²) in [7, 11) is 0. The maximum absolute atomic E-state index is 12.8. The predicted octanol–water partition coefficient (Wildman–Crippen LogP) is 5.54. The summed E-state index contributed by atoms with van der Waals surface area (Å²) in [6.45, 7) is 10.9. The number of carbonyl (C=O) groups excluding carboxylic acids is 2. The Bertz CT molecular complexity index is 1420. The number of benzene rings is 2. The number of hydrogen-bond donors (Lipinski definition) is 2. The number of nitrogens with one attached hydrogen (secondary N) is 2. The first kappa shape index (κ1) is 29.9. The second kappa shape index (κ2) is 13.6. The van der Waals surface area contributed by atoms with E-state index in [1.807, 2.05) is 18.0 Å². The third-order valence-electron chi connectivity index (χ3n) is 9.21. The van der Waals surface area contributed by atoms with Gasteiger partial charge in [0.15, 0.2) is 5.78 Å². The lowest BCUT2D eigenvalue weighted by atomic mass is 9.99. The van der Waals surface area contributed by atoms with E-state index in [2.05, 4.69) is 54.6 Å². The van der Waals surface area contributed by atoms with Gasteiger partial charge >= 0.3 is 6.03 Å². The van der Waals surface area contributed by atoms with Crippen molar-refractivity contribution in [2.45, 2.75) is 52.0 Å². The number of piperidine rings is 2. The number of anilines is 5. The third-order valence-corrected chi connectivity index (χ3v) is 9.21. The van der Waals surface area contributed by atoms with Crippen LogP contribution in [0.1, 0.15) is 54.9 Å². The number of piperazine rings is 1. The Balaban J connectivity index is 1.00. The van der Waals surface area contributed by atoms with Crippen molar-refractivity contribution in [3.05, 3.63) is 65.9 Å². The number of likely N-dealkylation sites (tertiary alicyclic amines) is 1. The van der Waals surface area contributed by atoms with Crippen LogP contribution in [0.25, 0.3) is 0 Å². The van der Waals surface area contributed by atoms with Gasteiger partial charge in [0.05, 0.1) is 0 Å². The number of amides is 2. The Morgan fingerprint density at radius 1 is 0.773 bits per heavy atom. The Kier molecular flexibility index (Phi) is 9.26. The first-order valence-electron chi connectivity index (χ1n) is 16.0. The highest BCUT2D eigenvalue weighted by Gasteiger charge is 2.26. The number of aromatic nitrogens is 2. The number of aryl methyl sites for hydroxylation is 1. The van der Waals surface area contributed by atoms with Crippen molar-refractivity contribution in [2.75, 3.05) is 72.8 Å². The molecule has 232 valence electrons. The summed E-state index contributed by atoms with van der Waals surface area (Å²) in [4.78, 5) is 43.0. The molecule has 0 aliphatic carbocycles. The predicted molar refractivity (Wildman–Crippen MR) is 176 cm³/mol. The van der Waals surface area contributed by atoms with E-state index in [1.54, 1.807) is 24.3 Å². The van der Waals surface area contributed by atoms with Crippen LogP contribution in [-0.4, -0.2) is 90.0 Å². The summed E-state index contributed by atoms with van der Waals surface area (Å²) in [6.07, 6.45) is 8.46. The van der Waals surface area contributed by atoms with Gasteiger partial charge < -0.3 is 30.2 Å². The minimum absolute atomic E-state index is 0.00390. The van der Waals surface area contributed by atoms with Crippen LogP contribution in [0.2, 0.25) is 0 Å². The van der Waals surface area contributed by atoms with Gasteiger partial charge in [-0.05, 0) is 101 Å².